The van der Waals surface area contributed by atoms with Crippen LogP contribution in [0.5, 0.6) is 11.5 Å². The van der Waals surface area contributed by atoms with Gasteiger partial charge in [-0.25, -0.2) is 9.78 Å². The van der Waals surface area contributed by atoms with Crippen molar-refractivity contribution in [2.75, 3.05) is 13.4 Å². The molecule has 7 nitrogen and oxygen atoms in total. The van der Waals surface area contributed by atoms with Gasteiger partial charge < -0.3 is 14.5 Å². The zero-order chi connectivity index (χ0) is 21.0. The Morgan fingerprint density at radius 2 is 2.00 bits per heavy atom. The van der Waals surface area contributed by atoms with Crippen LogP contribution in [0.4, 0.5) is 0 Å². The van der Waals surface area contributed by atoms with E-state index in [0.717, 1.165) is 5.56 Å². The van der Waals surface area contributed by atoms with Crippen molar-refractivity contribution >= 4 is 17.7 Å². The number of benzene rings is 2. The topological polar surface area (TPSA) is 105 Å². The average Bonchev–Trinajstić information content (AvgIpc) is 2.73. The number of methoxy groups -OCH3 is 1. The molecule has 29 heavy (non-hydrogen) atoms. The molecule has 2 aromatic carbocycles. The lowest BCUT2D eigenvalue weighted by molar-refractivity contribution is 0.0729. The predicted molar refractivity (Wildman–Crippen MR) is 109 cm³/mol. The number of H-pyrrole nitrogens is 1. The fourth-order valence-electron chi connectivity index (χ4n) is 2.69. The zero-order valence-corrected chi connectivity index (χ0v) is 16.8. The summed E-state index contributed by atoms with van der Waals surface area (Å²) in [6, 6.07) is 13.7. The predicted octanol–water partition coefficient (Wildman–Crippen LogP) is 3.57. The molecule has 0 saturated heterocycles. The number of aromatic amines is 1. The van der Waals surface area contributed by atoms with Crippen LogP contribution >= 0.6 is 11.8 Å². The minimum absolute atomic E-state index is 0.102. The van der Waals surface area contributed by atoms with E-state index in [0.29, 0.717) is 16.3 Å². The summed E-state index contributed by atoms with van der Waals surface area (Å²) < 4.78 is 10.8. The Labute approximate surface area is 171 Å². The summed E-state index contributed by atoms with van der Waals surface area (Å²) >= 11 is 1.25. The van der Waals surface area contributed by atoms with Crippen LogP contribution in [0.2, 0.25) is 0 Å². The van der Waals surface area contributed by atoms with Gasteiger partial charge in [-0.15, -0.1) is 0 Å². The third kappa shape index (κ3) is 4.31. The summed E-state index contributed by atoms with van der Waals surface area (Å²) in [5.74, 6) is -0.0206. The molecule has 1 N–H and O–H groups in total. The second-order valence-corrected chi connectivity index (χ2v) is 6.83. The number of carbonyl (C=O) groups excluding carboxylic acids is 1. The molecule has 1 heterocycles. The van der Waals surface area contributed by atoms with E-state index in [4.69, 9.17) is 9.47 Å². The molecule has 0 aliphatic carbocycles. The largest absolute Gasteiger partial charge is 0.493 e. The van der Waals surface area contributed by atoms with Crippen LogP contribution in [0.3, 0.4) is 0 Å². The molecule has 0 amide bonds. The fourth-order valence-corrected chi connectivity index (χ4v) is 3.07. The molecule has 1 aromatic heterocycles. The van der Waals surface area contributed by atoms with E-state index in [1.807, 2.05) is 19.1 Å². The quantitative estimate of drug-likeness (QED) is 0.298. The normalized spacial score (nSPS) is 10.3. The van der Waals surface area contributed by atoms with Crippen LogP contribution in [-0.2, 0) is 0 Å². The van der Waals surface area contributed by atoms with Crippen molar-refractivity contribution < 1.29 is 14.3 Å². The number of nitrogens with one attached hydrogen (secondary N) is 1. The monoisotopic (exact) mass is 407 g/mol. The van der Waals surface area contributed by atoms with Gasteiger partial charge in [-0.1, -0.05) is 29.5 Å². The lowest BCUT2D eigenvalue weighted by Gasteiger charge is -2.12. The fraction of sp³-hybridized carbons (Fsp3) is 0.143. The first-order valence-corrected chi connectivity index (χ1v) is 9.75. The number of thioether (sulfide) groups is 1. The Morgan fingerprint density at radius 1 is 1.21 bits per heavy atom. The summed E-state index contributed by atoms with van der Waals surface area (Å²) in [6.45, 7) is 1.89. The number of aryl methyl sites for hydroxylation is 1. The van der Waals surface area contributed by atoms with Gasteiger partial charge in [0.1, 0.15) is 11.6 Å². The molecule has 0 unspecified atom stereocenters. The molecular weight excluding hydrogens is 390 g/mol. The average molecular weight is 407 g/mol. The van der Waals surface area contributed by atoms with Crippen LogP contribution in [0.15, 0.2) is 52.4 Å². The molecule has 3 aromatic rings. The maximum absolute atomic E-state index is 12.4. The lowest BCUT2D eigenvalue weighted by atomic mass is 10.1. The van der Waals surface area contributed by atoms with Crippen molar-refractivity contribution in [3.63, 3.8) is 0 Å². The van der Waals surface area contributed by atoms with E-state index in [9.17, 15) is 14.9 Å². The summed E-state index contributed by atoms with van der Waals surface area (Å²) in [7, 11) is 1.44. The van der Waals surface area contributed by atoms with E-state index in [1.165, 1.54) is 18.9 Å². The van der Waals surface area contributed by atoms with Crippen LogP contribution in [0.25, 0.3) is 11.3 Å². The van der Waals surface area contributed by atoms with Gasteiger partial charge in [0.2, 0.25) is 0 Å². The minimum atomic E-state index is -0.518. The molecule has 0 spiro atoms. The molecular formula is C21H17N3O4S. The third-order valence-corrected chi connectivity index (χ3v) is 4.68. The van der Waals surface area contributed by atoms with Crippen LogP contribution < -0.4 is 15.0 Å². The number of hydrogen-bond donors (Lipinski definition) is 1. The Hall–Kier alpha value is -3.57. The van der Waals surface area contributed by atoms with E-state index in [2.05, 4.69) is 9.97 Å². The number of rotatable bonds is 5. The highest BCUT2D eigenvalue weighted by molar-refractivity contribution is 7.98. The molecule has 8 heteroatoms. The third-order valence-electron chi connectivity index (χ3n) is 4.10. The smallest absolute Gasteiger partial charge is 0.343 e. The van der Waals surface area contributed by atoms with Crippen LogP contribution in [0.1, 0.15) is 21.5 Å². The van der Waals surface area contributed by atoms with Crippen molar-refractivity contribution in [2.24, 2.45) is 0 Å². The number of hydrogen-bond acceptors (Lipinski definition) is 7. The number of carbonyl (C=O) groups is 1. The Morgan fingerprint density at radius 3 is 2.66 bits per heavy atom. The number of ether oxygens (including phenoxy) is 2. The Balaban J connectivity index is 2.00. The zero-order valence-electron chi connectivity index (χ0n) is 16.0. The summed E-state index contributed by atoms with van der Waals surface area (Å²) in [4.78, 5) is 31.5. The molecule has 146 valence electrons. The molecule has 0 atom stereocenters. The second-order valence-electron chi connectivity index (χ2n) is 6.04. The molecule has 3 rings (SSSR count). The Bertz CT molecular complexity index is 1180. The highest BCUT2D eigenvalue weighted by atomic mass is 32.2. The highest BCUT2D eigenvalue weighted by Crippen LogP contribution is 2.33. The molecule has 0 radical (unpaired) electrons. The Kier molecular flexibility index (Phi) is 6.00. The van der Waals surface area contributed by atoms with Crippen molar-refractivity contribution in [1.29, 1.82) is 5.26 Å². The van der Waals surface area contributed by atoms with Crippen molar-refractivity contribution in [1.82, 2.24) is 9.97 Å². The van der Waals surface area contributed by atoms with Gasteiger partial charge in [0, 0.05) is 5.56 Å². The number of esters is 1. The first-order valence-electron chi connectivity index (χ1n) is 8.52. The van der Waals surface area contributed by atoms with Crippen molar-refractivity contribution in [3.8, 4) is 28.8 Å². The first-order chi connectivity index (χ1) is 14.0. The molecule has 0 bridgehead atoms. The lowest BCUT2D eigenvalue weighted by Crippen LogP contribution is -2.14. The first kappa shape index (κ1) is 20.2. The number of nitriles is 1. The molecule has 0 saturated carbocycles. The summed E-state index contributed by atoms with van der Waals surface area (Å²) in [6.07, 6.45) is 1.77. The van der Waals surface area contributed by atoms with E-state index in [1.54, 1.807) is 42.7 Å². The number of nitrogens with zero attached hydrogens (tertiary/aromatic N) is 2. The van der Waals surface area contributed by atoms with Gasteiger partial charge in [-0.2, -0.15) is 5.26 Å². The molecule has 0 aliphatic rings. The maximum Gasteiger partial charge on any atom is 0.343 e. The highest BCUT2D eigenvalue weighted by Gasteiger charge is 2.17. The van der Waals surface area contributed by atoms with Crippen molar-refractivity contribution in [2.45, 2.75) is 12.1 Å². The second kappa shape index (κ2) is 8.63. The van der Waals surface area contributed by atoms with Crippen LogP contribution in [0, 0.1) is 18.3 Å². The SMILES string of the molecule is COc1cc(-c2nc(SC)[nH]c(=O)c2C#N)ccc1OC(=O)c1cccc(C)c1. The van der Waals surface area contributed by atoms with E-state index >= 15 is 0 Å². The summed E-state index contributed by atoms with van der Waals surface area (Å²) in [5.41, 5.74) is 1.47. The van der Waals surface area contributed by atoms with Gasteiger partial charge in [-0.3, -0.25) is 4.79 Å². The van der Waals surface area contributed by atoms with Gasteiger partial charge in [-0.05, 0) is 43.5 Å². The van der Waals surface area contributed by atoms with Gasteiger partial charge in [0.15, 0.2) is 16.7 Å². The maximum atomic E-state index is 12.4. The molecule has 0 aliphatic heterocycles. The van der Waals surface area contributed by atoms with Gasteiger partial charge in [0.25, 0.3) is 5.56 Å². The van der Waals surface area contributed by atoms with E-state index < -0.39 is 11.5 Å². The van der Waals surface area contributed by atoms with E-state index in [-0.39, 0.29) is 22.8 Å². The van der Waals surface area contributed by atoms with Crippen LogP contribution in [-0.4, -0.2) is 29.3 Å². The van der Waals surface area contributed by atoms with Crippen molar-refractivity contribution in [3.05, 3.63) is 69.5 Å². The van der Waals surface area contributed by atoms with Gasteiger partial charge >= 0.3 is 5.97 Å². The van der Waals surface area contributed by atoms with Gasteiger partial charge in [0.05, 0.1) is 18.4 Å². The number of aromatic nitrogens is 2. The summed E-state index contributed by atoms with van der Waals surface area (Å²) in [5, 5.41) is 9.74. The standard InChI is InChI=1S/C21H17N3O4S/c1-12-5-4-6-14(9-12)20(26)28-16-8-7-13(10-17(16)27-2)18-15(11-22)19(25)24-21(23-18)29-3/h4-10H,1-3H3,(H,23,24,25). The molecule has 0 fully saturated rings. The minimum Gasteiger partial charge on any atom is -0.493 e.